The van der Waals surface area contributed by atoms with Gasteiger partial charge in [-0.05, 0) is 18.4 Å². The molecule has 92 valence electrons. The Labute approximate surface area is 119 Å². The van der Waals surface area contributed by atoms with E-state index in [4.69, 9.17) is 0 Å². The molecule has 1 heterocycles. The molecule has 0 unspecified atom stereocenters. The summed E-state index contributed by atoms with van der Waals surface area (Å²) in [7, 11) is 0. The molecule has 1 aliphatic heterocycles. The number of rotatable bonds is 2. The number of nitrogens with one attached hydrogen (secondary N) is 1. The quantitative estimate of drug-likeness (QED) is 0.575. The van der Waals surface area contributed by atoms with Crippen molar-refractivity contribution in [2.75, 3.05) is 0 Å². The van der Waals surface area contributed by atoms with Crippen molar-refractivity contribution in [1.82, 2.24) is 5.32 Å². The largest absolute Gasteiger partial charge is 2.00 e. The van der Waals surface area contributed by atoms with Gasteiger partial charge in [0.25, 0.3) is 0 Å². The van der Waals surface area contributed by atoms with E-state index in [2.05, 4.69) is 16.7 Å². The Morgan fingerprint density at radius 3 is 2.78 bits per heavy atom. The number of amides is 3. The predicted octanol–water partition coefficient (Wildman–Crippen LogP) is 0.803. The van der Waals surface area contributed by atoms with Crippen LogP contribution in [0.5, 0.6) is 0 Å². The number of nitrogens with zero attached hydrogens (tertiary/aromatic N) is 1. The third-order valence-corrected chi connectivity index (χ3v) is 2.42. The molecular formula is C12H10N2O3W. The Bertz CT molecular complexity index is 462. The SMILES string of the molecule is O=C1CC[C@@H]([N-]C(=O)c2[c-]cccc2)C(=O)N1.[W+2]. The predicted molar refractivity (Wildman–Crippen MR) is 59.1 cm³/mol. The molecular weight excluding hydrogens is 404 g/mol. The summed E-state index contributed by atoms with van der Waals surface area (Å²) in [5.41, 5.74) is 0.317. The monoisotopic (exact) mass is 414 g/mol. The molecule has 0 saturated carbocycles. The summed E-state index contributed by atoms with van der Waals surface area (Å²) < 4.78 is 0. The molecule has 5 nitrogen and oxygen atoms in total. The van der Waals surface area contributed by atoms with E-state index in [1.165, 1.54) is 0 Å². The molecule has 0 aliphatic carbocycles. The van der Waals surface area contributed by atoms with Crippen LogP contribution in [0.15, 0.2) is 24.3 Å². The molecule has 1 aromatic carbocycles. The minimum Gasteiger partial charge on any atom is -0.684 e. The summed E-state index contributed by atoms with van der Waals surface area (Å²) in [6.07, 6.45) is 0.495. The van der Waals surface area contributed by atoms with Gasteiger partial charge in [0.15, 0.2) is 0 Å². The van der Waals surface area contributed by atoms with Gasteiger partial charge in [-0.2, -0.15) is 0 Å². The summed E-state index contributed by atoms with van der Waals surface area (Å²) in [6, 6.07) is 8.59. The summed E-state index contributed by atoms with van der Waals surface area (Å²) in [5, 5.41) is 5.94. The molecule has 1 fully saturated rings. The van der Waals surface area contributed by atoms with Crippen LogP contribution in [0, 0.1) is 6.07 Å². The van der Waals surface area contributed by atoms with Crippen molar-refractivity contribution in [3.05, 3.63) is 41.2 Å². The smallest absolute Gasteiger partial charge is 0.684 e. The van der Waals surface area contributed by atoms with E-state index in [1.807, 2.05) is 0 Å². The maximum atomic E-state index is 11.7. The second-order valence-electron chi connectivity index (χ2n) is 3.68. The first kappa shape index (κ1) is 14.6. The molecule has 1 saturated heterocycles. The minimum absolute atomic E-state index is 0. The van der Waals surface area contributed by atoms with E-state index in [9.17, 15) is 14.4 Å². The van der Waals surface area contributed by atoms with Crippen LogP contribution in [0.4, 0.5) is 0 Å². The maximum Gasteiger partial charge on any atom is 2.00 e. The van der Waals surface area contributed by atoms with Gasteiger partial charge in [-0.15, -0.1) is 35.9 Å². The first-order valence-electron chi connectivity index (χ1n) is 5.22. The fourth-order valence-corrected chi connectivity index (χ4v) is 1.54. The van der Waals surface area contributed by atoms with Gasteiger partial charge in [0.2, 0.25) is 11.8 Å². The zero-order valence-electron chi connectivity index (χ0n) is 9.38. The van der Waals surface area contributed by atoms with Crippen molar-refractivity contribution >= 4 is 17.7 Å². The van der Waals surface area contributed by atoms with Crippen molar-refractivity contribution in [3.8, 4) is 0 Å². The van der Waals surface area contributed by atoms with E-state index in [0.29, 0.717) is 5.56 Å². The van der Waals surface area contributed by atoms with Gasteiger partial charge in [-0.1, -0.05) is 0 Å². The van der Waals surface area contributed by atoms with Crippen molar-refractivity contribution in [2.24, 2.45) is 0 Å². The number of hydrogen-bond donors (Lipinski definition) is 1. The van der Waals surface area contributed by atoms with Crippen molar-refractivity contribution < 1.29 is 35.4 Å². The molecule has 0 aromatic heterocycles. The normalized spacial score (nSPS) is 18.6. The van der Waals surface area contributed by atoms with E-state index in [0.717, 1.165) is 0 Å². The zero-order valence-corrected chi connectivity index (χ0v) is 12.3. The molecule has 0 bridgehead atoms. The fourth-order valence-electron chi connectivity index (χ4n) is 1.54. The van der Waals surface area contributed by atoms with Crippen LogP contribution in [0.2, 0.25) is 0 Å². The van der Waals surface area contributed by atoms with Crippen LogP contribution in [-0.2, 0) is 30.7 Å². The summed E-state index contributed by atoms with van der Waals surface area (Å²) in [4.78, 5) is 34.0. The van der Waals surface area contributed by atoms with Gasteiger partial charge in [0, 0.05) is 6.42 Å². The Morgan fingerprint density at radius 1 is 1.39 bits per heavy atom. The Balaban J connectivity index is 0.00000162. The van der Waals surface area contributed by atoms with Crippen LogP contribution < -0.4 is 5.32 Å². The van der Waals surface area contributed by atoms with Gasteiger partial charge >= 0.3 is 21.1 Å². The number of hydrogen-bond acceptors (Lipinski definition) is 3. The van der Waals surface area contributed by atoms with Crippen molar-refractivity contribution in [2.45, 2.75) is 18.9 Å². The molecule has 1 aromatic rings. The van der Waals surface area contributed by atoms with Gasteiger partial charge in [0.1, 0.15) is 0 Å². The molecule has 3 amide bonds. The zero-order chi connectivity index (χ0) is 12.3. The fraction of sp³-hybridized carbons (Fsp3) is 0.250. The maximum absolute atomic E-state index is 11.7. The van der Waals surface area contributed by atoms with Gasteiger partial charge < -0.3 is 10.1 Å². The number of carbonyl (C=O) groups excluding carboxylic acids is 3. The van der Waals surface area contributed by atoms with Gasteiger partial charge in [0.05, 0.1) is 0 Å². The molecule has 1 N–H and O–H groups in total. The summed E-state index contributed by atoms with van der Waals surface area (Å²) in [6.45, 7) is 0. The first-order valence-corrected chi connectivity index (χ1v) is 5.22. The van der Waals surface area contributed by atoms with Crippen LogP contribution in [0.3, 0.4) is 0 Å². The van der Waals surface area contributed by atoms with Crippen molar-refractivity contribution in [3.63, 3.8) is 0 Å². The third-order valence-electron chi connectivity index (χ3n) is 2.42. The summed E-state index contributed by atoms with van der Waals surface area (Å²) in [5.74, 6) is -1.31. The number of benzene rings is 1. The van der Waals surface area contributed by atoms with Crippen LogP contribution in [-0.4, -0.2) is 23.8 Å². The van der Waals surface area contributed by atoms with E-state index in [-0.39, 0.29) is 39.8 Å². The van der Waals surface area contributed by atoms with Crippen molar-refractivity contribution in [1.29, 1.82) is 0 Å². The molecule has 6 heteroatoms. The number of imide groups is 1. The molecule has 1 aliphatic rings. The molecule has 1 atom stereocenters. The van der Waals surface area contributed by atoms with E-state index >= 15 is 0 Å². The Morgan fingerprint density at radius 2 is 2.17 bits per heavy atom. The number of piperidine rings is 1. The van der Waals surface area contributed by atoms with Crippen LogP contribution in [0.1, 0.15) is 23.2 Å². The van der Waals surface area contributed by atoms with Crippen LogP contribution in [0.25, 0.3) is 5.32 Å². The molecule has 18 heavy (non-hydrogen) atoms. The average Bonchev–Trinajstić information content (AvgIpc) is 2.34. The van der Waals surface area contributed by atoms with Crippen LogP contribution >= 0.6 is 0 Å². The second-order valence-corrected chi connectivity index (χ2v) is 3.68. The Hall–Kier alpha value is -1.48. The first-order chi connectivity index (χ1) is 8.16. The third kappa shape index (κ3) is 3.50. The average molecular weight is 414 g/mol. The van der Waals surface area contributed by atoms with Gasteiger partial charge in [-0.25, -0.2) is 0 Å². The number of carbonyl (C=O) groups is 3. The molecule has 2 rings (SSSR count). The Kier molecular flexibility index (Phi) is 5.22. The minimum atomic E-state index is -0.770. The standard InChI is InChI=1S/C12H11N2O3.W/c15-10-7-6-9(12(17)14-10)13-11(16)8-4-2-1-3-5-8;/h1-4,9H,6-7H2,(H2,13,14,15,16,17);/q-1;+2/p-1/t9-;/m1./s1. The van der Waals surface area contributed by atoms with E-state index < -0.39 is 17.9 Å². The second kappa shape index (κ2) is 6.45. The molecule has 0 spiro atoms. The topological polar surface area (TPSA) is 77.3 Å². The molecule has 0 radical (unpaired) electrons. The summed E-state index contributed by atoms with van der Waals surface area (Å²) >= 11 is 0. The van der Waals surface area contributed by atoms with E-state index in [1.54, 1.807) is 24.3 Å². The van der Waals surface area contributed by atoms with Gasteiger partial charge in [-0.3, -0.25) is 14.9 Å².